The molecule has 0 fully saturated rings. The predicted molar refractivity (Wildman–Crippen MR) is 115 cm³/mol. The van der Waals surface area contributed by atoms with Crippen LogP contribution >= 0.6 is 34.2 Å². The molecule has 0 radical (unpaired) electrons. The molecule has 0 bridgehead atoms. The van der Waals surface area contributed by atoms with Crippen molar-refractivity contribution in [3.63, 3.8) is 0 Å². The van der Waals surface area contributed by atoms with Gasteiger partial charge in [0.15, 0.2) is 5.82 Å². The number of benzene rings is 2. The van der Waals surface area contributed by atoms with Crippen molar-refractivity contribution in [2.24, 2.45) is 0 Å². The summed E-state index contributed by atoms with van der Waals surface area (Å²) in [5.41, 5.74) is 3.47. The first-order valence-corrected chi connectivity index (χ1v) is 10.0. The summed E-state index contributed by atoms with van der Waals surface area (Å²) in [5, 5.41) is 4.16. The fourth-order valence-electron chi connectivity index (χ4n) is 2.69. The molecule has 27 heavy (non-hydrogen) atoms. The maximum Gasteiger partial charge on any atom is 0.163 e. The Hall–Kier alpha value is -2.32. The van der Waals surface area contributed by atoms with Crippen LogP contribution < -0.4 is 5.32 Å². The lowest BCUT2D eigenvalue weighted by molar-refractivity contribution is 0.628. The summed E-state index contributed by atoms with van der Waals surface area (Å²) < 4.78 is 14.4. The lowest BCUT2D eigenvalue weighted by atomic mass is 10.1. The number of pyridine rings is 1. The first kappa shape index (κ1) is 18.1. The fraction of sp³-hybridized carbons (Fsp3) is 0.0500. The van der Waals surface area contributed by atoms with E-state index in [1.807, 2.05) is 30.3 Å². The van der Waals surface area contributed by atoms with Gasteiger partial charge in [0.25, 0.3) is 0 Å². The third-order valence-corrected chi connectivity index (χ3v) is 5.19. The second-order valence-corrected chi connectivity index (χ2v) is 7.05. The third-order valence-electron chi connectivity index (χ3n) is 4.02. The number of aromatic nitrogens is 3. The highest BCUT2D eigenvalue weighted by molar-refractivity contribution is 14.1. The molecule has 0 saturated heterocycles. The Labute approximate surface area is 174 Å². The van der Waals surface area contributed by atoms with E-state index in [1.54, 1.807) is 18.5 Å². The molecule has 1 N–H and O–H groups in total. The molecule has 0 amide bonds. The number of rotatable bonds is 4. The van der Waals surface area contributed by atoms with Crippen molar-refractivity contribution in [2.45, 2.75) is 4.43 Å². The topological polar surface area (TPSA) is 50.7 Å². The standard InChI is InChI=1S/C20H13ClFIN4/c21-16-9-14(4-6-17(16)22)25-20-15-5-3-12(10-23)8-18(15)26-19(27-20)13-2-1-7-24-11-13/h1-9,11H,10H2,(H,25,26,27). The molecular formula is C20H13ClFIN4. The minimum absolute atomic E-state index is 0.0537. The van der Waals surface area contributed by atoms with Crippen LogP contribution in [0, 0.1) is 5.82 Å². The number of alkyl halides is 1. The van der Waals surface area contributed by atoms with Crippen LogP contribution in [0.25, 0.3) is 22.3 Å². The molecular weight excluding hydrogens is 478 g/mol. The van der Waals surface area contributed by atoms with E-state index < -0.39 is 5.82 Å². The molecule has 0 spiro atoms. The minimum Gasteiger partial charge on any atom is -0.340 e. The Morgan fingerprint density at radius 1 is 1.07 bits per heavy atom. The zero-order valence-electron chi connectivity index (χ0n) is 14.0. The number of halogens is 3. The third kappa shape index (κ3) is 3.86. The monoisotopic (exact) mass is 490 g/mol. The maximum absolute atomic E-state index is 13.5. The van der Waals surface area contributed by atoms with E-state index in [1.165, 1.54) is 17.7 Å². The predicted octanol–water partition coefficient (Wildman–Crippen LogP) is 6.16. The van der Waals surface area contributed by atoms with Crippen LogP contribution in [0.1, 0.15) is 5.56 Å². The Morgan fingerprint density at radius 3 is 2.70 bits per heavy atom. The van der Waals surface area contributed by atoms with Crippen LogP contribution in [-0.2, 0) is 4.43 Å². The number of anilines is 2. The van der Waals surface area contributed by atoms with Gasteiger partial charge in [-0.15, -0.1) is 0 Å². The van der Waals surface area contributed by atoms with Crippen molar-refractivity contribution in [3.05, 3.63) is 77.3 Å². The summed E-state index contributed by atoms with van der Waals surface area (Å²) in [6, 6.07) is 14.3. The molecule has 2 aromatic heterocycles. The van der Waals surface area contributed by atoms with E-state index >= 15 is 0 Å². The molecule has 134 valence electrons. The van der Waals surface area contributed by atoms with Gasteiger partial charge < -0.3 is 5.32 Å². The minimum atomic E-state index is -0.461. The summed E-state index contributed by atoms with van der Waals surface area (Å²) in [6.07, 6.45) is 3.43. The Kier molecular flexibility index (Phi) is 5.18. The Morgan fingerprint density at radius 2 is 1.96 bits per heavy atom. The number of hydrogen-bond acceptors (Lipinski definition) is 4. The van der Waals surface area contributed by atoms with Crippen LogP contribution in [0.5, 0.6) is 0 Å². The normalized spacial score (nSPS) is 10.9. The molecule has 7 heteroatoms. The summed E-state index contributed by atoms with van der Waals surface area (Å²) in [5.74, 6) is 0.732. The molecule has 2 heterocycles. The number of nitrogens with one attached hydrogen (secondary N) is 1. The van der Waals surface area contributed by atoms with E-state index in [9.17, 15) is 4.39 Å². The van der Waals surface area contributed by atoms with Crippen molar-refractivity contribution in [1.29, 1.82) is 0 Å². The molecule has 0 saturated carbocycles. The average Bonchev–Trinajstić information content (AvgIpc) is 2.70. The first-order valence-electron chi connectivity index (χ1n) is 8.13. The fourth-order valence-corrected chi connectivity index (χ4v) is 3.34. The molecule has 4 rings (SSSR count). The molecule has 0 atom stereocenters. The zero-order valence-corrected chi connectivity index (χ0v) is 16.9. The highest BCUT2D eigenvalue weighted by Crippen LogP contribution is 2.29. The second kappa shape index (κ2) is 7.74. The smallest absolute Gasteiger partial charge is 0.163 e. The van der Waals surface area contributed by atoms with E-state index in [4.69, 9.17) is 16.6 Å². The van der Waals surface area contributed by atoms with Gasteiger partial charge >= 0.3 is 0 Å². The summed E-state index contributed by atoms with van der Waals surface area (Å²) >= 11 is 8.23. The molecule has 0 aliphatic heterocycles. The lowest BCUT2D eigenvalue weighted by Crippen LogP contribution is -2.00. The molecule has 2 aromatic carbocycles. The number of nitrogens with zero attached hydrogens (tertiary/aromatic N) is 3. The highest BCUT2D eigenvalue weighted by atomic mass is 127. The molecule has 0 aliphatic carbocycles. The Balaban J connectivity index is 1.87. The van der Waals surface area contributed by atoms with E-state index in [-0.39, 0.29) is 5.02 Å². The average molecular weight is 491 g/mol. The quantitative estimate of drug-likeness (QED) is 0.275. The van der Waals surface area contributed by atoms with Gasteiger partial charge in [0.05, 0.1) is 10.5 Å². The summed E-state index contributed by atoms with van der Waals surface area (Å²) in [4.78, 5) is 13.5. The van der Waals surface area contributed by atoms with E-state index in [2.05, 4.69) is 37.9 Å². The van der Waals surface area contributed by atoms with Crippen molar-refractivity contribution < 1.29 is 4.39 Å². The van der Waals surface area contributed by atoms with Crippen LogP contribution in [-0.4, -0.2) is 15.0 Å². The lowest BCUT2D eigenvalue weighted by Gasteiger charge is -2.12. The van der Waals surface area contributed by atoms with Crippen molar-refractivity contribution >= 4 is 56.6 Å². The van der Waals surface area contributed by atoms with Gasteiger partial charge in [0.2, 0.25) is 0 Å². The summed E-state index contributed by atoms with van der Waals surface area (Å²) in [7, 11) is 0. The largest absolute Gasteiger partial charge is 0.340 e. The van der Waals surface area contributed by atoms with Gasteiger partial charge in [-0.3, -0.25) is 4.98 Å². The van der Waals surface area contributed by atoms with Crippen LogP contribution in [0.4, 0.5) is 15.9 Å². The maximum atomic E-state index is 13.5. The van der Waals surface area contributed by atoms with Gasteiger partial charge in [-0.05, 0) is 48.0 Å². The van der Waals surface area contributed by atoms with Crippen molar-refractivity contribution in [3.8, 4) is 11.4 Å². The zero-order chi connectivity index (χ0) is 18.8. The van der Waals surface area contributed by atoms with Gasteiger partial charge in [0, 0.05) is 33.5 Å². The van der Waals surface area contributed by atoms with Gasteiger partial charge in [0.1, 0.15) is 11.6 Å². The van der Waals surface area contributed by atoms with Crippen LogP contribution in [0.3, 0.4) is 0 Å². The van der Waals surface area contributed by atoms with Gasteiger partial charge in [-0.25, -0.2) is 14.4 Å². The summed E-state index contributed by atoms with van der Waals surface area (Å²) in [6.45, 7) is 0. The van der Waals surface area contributed by atoms with Gasteiger partial charge in [-0.2, -0.15) is 0 Å². The second-order valence-electron chi connectivity index (χ2n) is 5.88. The van der Waals surface area contributed by atoms with Crippen molar-refractivity contribution in [1.82, 2.24) is 15.0 Å². The van der Waals surface area contributed by atoms with E-state index in [0.717, 1.165) is 20.9 Å². The Bertz CT molecular complexity index is 1120. The number of hydrogen-bond donors (Lipinski definition) is 1. The van der Waals surface area contributed by atoms with Crippen LogP contribution in [0.15, 0.2) is 60.9 Å². The molecule has 0 aliphatic rings. The van der Waals surface area contributed by atoms with Gasteiger partial charge in [-0.1, -0.05) is 40.3 Å². The van der Waals surface area contributed by atoms with Crippen molar-refractivity contribution in [2.75, 3.05) is 5.32 Å². The van der Waals surface area contributed by atoms with Crippen LogP contribution in [0.2, 0.25) is 5.02 Å². The molecule has 4 nitrogen and oxygen atoms in total. The number of fused-ring (bicyclic) bond motifs is 1. The van der Waals surface area contributed by atoms with E-state index in [0.29, 0.717) is 17.3 Å². The molecule has 4 aromatic rings. The molecule has 0 unspecified atom stereocenters. The SMILES string of the molecule is Fc1ccc(Nc2nc(-c3cccnc3)nc3cc(CI)ccc23)cc1Cl. The first-order chi connectivity index (χ1) is 13.1. The highest BCUT2D eigenvalue weighted by Gasteiger charge is 2.11.